The Morgan fingerprint density at radius 1 is 1.21 bits per heavy atom. The highest BCUT2D eigenvalue weighted by molar-refractivity contribution is 6.01. The van der Waals surface area contributed by atoms with Gasteiger partial charge in [0.15, 0.2) is 0 Å². The number of amides is 1. The topological polar surface area (TPSA) is 54.5 Å². The number of pyridine rings is 1. The largest absolute Gasteiger partial charge is 0.415 e. The fraction of sp³-hybridized carbons (Fsp3) is 0.429. The van der Waals surface area contributed by atoms with Gasteiger partial charge in [-0.05, 0) is 43.1 Å². The minimum atomic E-state index is -3.02. The minimum absolute atomic E-state index is 0.145. The monoisotopic (exact) mass is 389 g/mol. The van der Waals surface area contributed by atoms with Crippen molar-refractivity contribution in [1.82, 2.24) is 9.88 Å². The lowest BCUT2D eigenvalue weighted by molar-refractivity contribution is -0.127. The van der Waals surface area contributed by atoms with E-state index in [-0.39, 0.29) is 23.4 Å². The lowest BCUT2D eigenvalue weighted by Gasteiger charge is -2.48. The highest BCUT2D eigenvalue weighted by Crippen LogP contribution is 2.39. The van der Waals surface area contributed by atoms with E-state index in [2.05, 4.69) is 33.8 Å². The van der Waals surface area contributed by atoms with E-state index in [9.17, 15) is 13.6 Å². The summed E-state index contributed by atoms with van der Waals surface area (Å²) in [7, 11) is 1.95. The number of nitrogens with one attached hydrogen (secondary N) is 1. The number of likely N-dealkylation sites (tertiary alicyclic amines) is 1. The Labute approximate surface area is 163 Å². The van der Waals surface area contributed by atoms with Gasteiger partial charge in [-0.3, -0.25) is 4.79 Å². The Balaban J connectivity index is 1.96. The average molecular weight is 389 g/mol. The molecule has 0 atom stereocenters. The molecule has 5 nitrogen and oxygen atoms in total. The Hall–Kier alpha value is -2.54. The van der Waals surface area contributed by atoms with Gasteiger partial charge >= 0.3 is 6.61 Å². The van der Waals surface area contributed by atoms with E-state index in [1.54, 1.807) is 19.1 Å². The van der Waals surface area contributed by atoms with Crippen molar-refractivity contribution in [2.45, 2.75) is 38.7 Å². The van der Waals surface area contributed by atoms with Gasteiger partial charge in [0.25, 0.3) is 0 Å². The van der Waals surface area contributed by atoms with Crippen molar-refractivity contribution < 1.29 is 18.3 Å². The molecule has 150 valence electrons. The number of ether oxygens (including phenoxy) is 1. The molecule has 0 aliphatic carbocycles. The Morgan fingerprint density at radius 2 is 1.89 bits per heavy atom. The summed E-state index contributed by atoms with van der Waals surface area (Å²) in [5, 5.41) is 2.78. The first-order chi connectivity index (χ1) is 13.2. The highest BCUT2D eigenvalue weighted by atomic mass is 19.3. The van der Waals surface area contributed by atoms with E-state index in [1.807, 2.05) is 31.3 Å². The molecule has 1 amide bonds. The number of benzene rings is 1. The molecule has 7 heteroatoms. The van der Waals surface area contributed by atoms with E-state index in [1.165, 1.54) is 0 Å². The first-order valence-corrected chi connectivity index (χ1v) is 9.25. The van der Waals surface area contributed by atoms with Crippen LogP contribution in [0.4, 0.5) is 14.5 Å². The average Bonchev–Trinajstić information content (AvgIpc) is 2.60. The first-order valence-electron chi connectivity index (χ1n) is 9.25. The lowest BCUT2D eigenvalue weighted by Crippen LogP contribution is -2.63. The fourth-order valence-electron chi connectivity index (χ4n) is 3.79. The van der Waals surface area contributed by atoms with Gasteiger partial charge < -0.3 is 15.0 Å². The second kappa shape index (κ2) is 7.83. The molecule has 0 bridgehead atoms. The molecule has 1 aromatic carbocycles. The molecule has 2 aromatic rings. The second-order valence-corrected chi connectivity index (χ2v) is 7.63. The molecule has 1 N–H and O–H groups in total. The van der Waals surface area contributed by atoms with Crippen LogP contribution in [0.1, 0.15) is 36.6 Å². The van der Waals surface area contributed by atoms with E-state index in [0.29, 0.717) is 18.8 Å². The number of carbonyl (C=O) groups excluding carboxylic acids is 1. The number of anilines is 1. The molecule has 1 aliphatic heterocycles. The predicted molar refractivity (Wildman–Crippen MR) is 104 cm³/mol. The van der Waals surface area contributed by atoms with Crippen molar-refractivity contribution in [2.24, 2.45) is 0 Å². The standard InChI is InChI=1S/C21H25F2N3O2/c1-13(2)15-7-5-6-8-16(15)21(11-26(4)12-21)19(27)25-17-10-9-14(3)24-18(17)28-20(22)23/h5-10,13,20H,11-12H2,1-4H3,(H,25,27). The summed E-state index contributed by atoms with van der Waals surface area (Å²) in [6.07, 6.45) is 0. The number of halogens is 2. The van der Waals surface area contributed by atoms with Gasteiger partial charge in [0.1, 0.15) is 5.69 Å². The number of aryl methyl sites for hydroxylation is 1. The van der Waals surface area contributed by atoms with Crippen LogP contribution in [0.2, 0.25) is 0 Å². The second-order valence-electron chi connectivity index (χ2n) is 7.63. The molecule has 0 unspecified atom stereocenters. The van der Waals surface area contributed by atoms with Crippen molar-refractivity contribution in [2.75, 3.05) is 25.5 Å². The number of alkyl halides is 2. The molecule has 1 aromatic heterocycles. The number of rotatable bonds is 6. The normalized spacial score (nSPS) is 16.1. The maximum atomic E-state index is 13.4. The van der Waals surface area contributed by atoms with E-state index in [4.69, 9.17) is 0 Å². The first kappa shape index (κ1) is 20.2. The van der Waals surface area contributed by atoms with Crippen LogP contribution in [-0.2, 0) is 10.2 Å². The van der Waals surface area contributed by atoms with Crippen LogP contribution in [0, 0.1) is 6.92 Å². The Kier molecular flexibility index (Phi) is 5.65. The van der Waals surface area contributed by atoms with Gasteiger partial charge in [-0.1, -0.05) is 38.1 Å². The summed E-state index contributed by atoms with van der Waals surface area (Å²) in [5.41, 5.74) is 2.00. The zero-order valence-electron chi connectivity index (χ0n) is 16.5. The summed E-state index contributed by atoms with van der Waals surface area (Å²) in [6.45, 7) is 3.93. The third-order valence-electron chi connectivity index (χ3n) is 5.06. The van der Waals surface area contributed by atoms with Gasteiger partial charge in [-0.2, -0.15) is 8.78 Å². The van der Waals surface area contributed by atoms with Crippen molar-refractivity contribution in [3.05, 3.63) is 53.2 Å². The van der Waals surface area contributed by atoms with Crippen LogP contribution < -0.4 is 10.1 Å². The van der Waals surface area contributed by atoms with Gasteiger partial charge in [0.2, 0.25) is 11.8 Å². The minimum Gasteiger partial charge on any atom is -0.415 e. The van der Waals surface area contributed by atoms with Gasteiger partial charge in [-0.15, -0.1) is 0 Å². The molecular formula is C21H25F2N3O2. The molecule has 1 saturated heterocycles. The number of hydrogen-bond acceptors (Lipinski definition) is 4. The number of nitrogens with zero attached hydrogens (tertiary/aromatic N) is 2. The quantitative estimate of drug-likeness (QED) is 0.813. The third kappa shape index (κ3) is 3.85. The summed E-state index contributed by atoms with van der Waals surface area (Å²) in [4.78, 5) is 19.4. The van der Waals surface area contributed by atoms with Crippen LogP contribution in [0.5, 0.6) is 5.88 Å². The number of likely N-dealkylation sites (N-methyl/N-ethyl adjacent to an activating group) is 1. The fourth-order valence-corrected chi connectivity index (χ4v) is 3.79. The molecule has 1 fully saturated rings. The summed E-state index contributed by atoms with van der Waals surface area (Å²) in [5.74, 6) is -0.266. The molecular weight excluding hydrogens is 364 g/mol. The number of hydrogen-bond donors (Lipinski definition) is 1. The van der Waals surface area contributed by atoms with Gasteiger partial charge in [0, 0.05) is 18.8 Å². The van der Waals surface area contributed by atoms with Gasteiger partial charge in [-0.25, -0.2) is 4.98 Å². The van der Waals surface area contributed by atoms with E-state index >= 15 is 0 Å². The van der Waals surface area contributed by atoms with Crippen molar-refractivity contribution in [1.29, 1.82) is 0 Å². The molecule has 0 spiro atoms. The van der Waals surface area contributed by atoms with Crippen LogP contribution in [-0.4, -0.2) is 42.5 Å². The molecule has 3 rings (SSSR count). The van der Waals surface area contributed by atoms with Crippen LogP contribution in [0.15, 0.2) is 36.4 Å². The zero-order chi connectivity index (χ0) is 20.5. The van der Waals surface area contributed by atoms with E-state index < -0.39 is 12.0 Å². The van der Waals surface area contributed by atoms with Crippen molar-refractivity contribution in [3.8, 4) is 5.88 Å². The predicted octanol–water partition coefficient (Wildman–Crippen LogP) is 3.94. The highest BCUT2D eigenvalue weighted by Gasteiger charge is 2.50. The van der Waals surface area contributed by atoms with Crippen molar-refractivity contribution in [3.63, 3.8) is 0 Å². The Bertz CT molecular complexity index is 864. The Morgan fingerprint density at radius 3 is 2.50 bits per heavy atom. The molecule has 2 heterocycles. The van der Waals surface area contributed by atoms with E-state index in [0.717, 1.165) is 11.1 Å². The van der Waals surface area contributed by atoms with Crippen LogP contribution in [0.3, 0.4) is 0 Å². The molecule has 1 aliphatic rings. The molecule has 0 radical (unpaired) electrons. The zero-order valence-corrected chi connectivity index (χ0v) is 16.5. The molecule has 0 saturated carbocycles. The lowest BCUT2D eigenvalue weighted by atomic mass is 9.70. The SMILES string of the molecule is Cc1ccc(NC(=O)C2(c3ccccc3C(C)C)CN(C)C2)c(OC(F)F)n1. The van der Waals surface area contributed by atoms with Gasteiger partial charge in [0.05, 0.1) is 5.41 Å². The number of carbonyl (C=O) groups is 1. The third-order valence-corrected chi connectivity index (χ3v) is 5.06. The molecule has 28 heavy (non-hydrogen) atoms. The summed E-state index contributed by atoms with van der Waals surface area (Å²) >= 11 is 0. The summed E-state index contributed by atoms with van der Waals surface area (Å²) in [6, 6.07) is 11.1. The number of aromatic nitrogens is 1. The summed E-state index contributed by atoms with van der Waals surface area (Å²) < 4.78 is 30.0. The van der Waals surface area contributed by atoms with Crippen LogP contribution >= 0.6 is 0 Å². The smallest absolute Gasteiger partial charge is 0.388 e. The van der Waals surface area contributed by atoms with Crippen molar-refractivity contribution >= 4 is 11.6 Å². The maximum Gasteiger partial charge on any atom is 0.388 e. The van der Waals surface area contributed by atoms with Crippen LogP contribution in [0.25, 0.3) is 0 Å². The maximum absolute atomic E-state index is 13.4.